The number of hydrogen-bond acceptors (Lipinski definition) is 3. The predicted molar refractivity (Wildman–Crippen MR) is 89.0 cm³/mol. The highest BCUT2D eigenvalue weighted by Crippen LogP contribution is 2.24. The summed E-state index contributed by atoms with van der Waals surface area (Å²) in [5.74, 6) is -0.0582. The summed E-state index contributed by atoms with van der Waals surface area (Å²) in [6.07, 6.45) is 2.34. The number of ketones is 1. The van der Waals surface area contributed by atoms with E-state index in [-0.39, 0.29) is 23.9 Å². The van der Waals surface area contributed by atoms with Crippen molar-refractivity contribution in [1.29, 1.82) is 0 Å². The van der Waals surface area contributed by atoms with E-state index in [1.165, 1.54) is 18.1 Å². The van der Waals surface area contributed by atoms with Crippen LogP contribution in [-0.2, 0) is 14.3 Å². The summed E-state index contributed by atoms with van der Waals surface area (Å²) in [6, 6.07) is 8.46. The van der Waals surface area contributed by atoms with Gasteiger partial charge in [0.2, 0.25) is 0 Å². The van der Waals surface area contributed by atoms with E-state index in [4.69, 9.17) is 4.74 Å². The lowest BCUT2D eigenvalue weighted by Crippen LogP contribution is -2.14. The monoisotopic (exact) mass is 302 g/mol. The first-order chi connectivity index (χ1) is 10.4. The molecule has 0 spiro atoms. The molecule has 0 heterocycles. The third-order valence-electron chi connectivity index (χ3n) is 3.70. The Kier molecular flexibility index (Phi) is 7.03. The lowest BCUT2D eigenvalue weighted by Gasteiger charge is -2.13. The van der Waals surface area contributed by atoms with Crippen LogP contribution in [-0.4, -0.2) is 18.4 Å². The Morgan fingerprint density at radius 1 is 1.18 bits per heavy atom. The van der Waals surface area contributed by atoms with E-state index in [0.717, 1.165) is 0 Å². The van der Waals surface area contributed by atoms with Gasteiger partial charge in [0, 0.05) is 0 Å². The second-order valence-electron chi connectivity index (χ2n) is 5.86. The standard InChI is InChI=1S/C19H26O3/c1-6-22-19(21)18(15(5)20)11-10-14(4)17-9-7-8-16(12-17)13(2)3/h7-9,11-14H,6,10H2,1-5H3. The molecule has 0 saturated heterocycles. The molecule has 0 aromatic heterocycles. The summed E-state index contributed by atoms with van der Waals surface area (Å²) < 4.78 is 4.93. The molecule has 1 aromatic rings. The van der Waals surface area contributed by atoms with Crippen molar-refractivity contribution >= 4 is 11.8 Å². The molecule has 0 N–H and O–H groups in total. The van der Waals surface area contributed by atoms with Crippen LogP contribution in [0.2, 0.25) is 0 Å². The van der Waals surface area contributed by atoms with Gasteiger partial charge >= 0.3 is 5.97 Å². The van der Waals surface area contributed by atoms with E-state index < -0.39 is 5.97 Å². The fourth-order valence-corrected chi connectivity index (χ4v) is 2.23. The lowest BCUT2D eigenvalue weighted by molar-refractivity contribution is -0.139. The van der Waals surface area contributed by atoms with E-state index in [2.05, 4.69) is 45.0 Å². The molecule has 0 amide bonds. The Morgan fingerprint density at radius 3 is 2.36 bits per heavy atom. The maximum absolute atomic E-state index is 11.8. The Labute approximate surface area is 133 Å². The van der Waals surface area contributed by atoms with Gasteiger partial charge in [0.1, 0.15) is 0 Å². The van der Waals surface area contributed by atoms with Crippen molar-refractivity contribution in [3.05, 3.63) is 47.0 Å². The van der Waals surface area contributed by atoms with Gasteiger partial charge in [-0.3, -0.25) is 4.79 Å². The molecular weight excluding hydrogens is 276 g/mol. The van der Waals surface area contributed by atoms with Crippen LogP contribution in [0.25, 0.3) is 0 Å². The van der Waals surface area contributed by atoms with E-state index in [1.54, 1.807) is 13.0 Å². The largest absolute Gasteiger partial charge is 0.462 e. The average Bonchev–Trinajstić information content (AvgIpc) is 2.47. The van der Waals surface area contributed by atoms with Crippen LogP contribution in [0.4, 0.5) is 0 Å². The van der Waals surface area contributed by atoms with Crippen molar-refractivity contribution in [3.8, 4) is 0 Å². The Balaban J connectivity index is 2.88. The highest BCUT2D eigenvalue weighted by Gasteiger charge is 2.16. The molecule has 1 unspecified atom stereocenters. The summed E-state index contributed by atoms with van der Waals surface area (Å²) >= 11 is 0. The zero-order valence-corrected chi connectivity index (χ0v) is 14.2. The third kappa shape index (κ3) is 5.14. The molecule has 1 rings (SSSR count). The van der Waals surface area contributed by atoms with Gasteiger partial charge in [-0.15, -0.1) is 0 Å². The first kappa shape index (κ1) is 18.1. The fourth-order valence-electron chi connectivity index (χ4n) is 2.23. The van der Waals surface area contributed by atoms with Crippen LogP contribution in [0.1, 0.15) is 64.0 Å². The molecule has 0 bridgehead atoms. The van der Waals surface area contributed by atoms with Crippen molar-refractivity contribution in [3.63, 3.8) is 0 Å². The zero-order chi connectivity index (χ0) is 16.7. The van der Waals surface area contributed by atoms with Crippen LogP contribution < -0.4 is 0 Å². The molecule has 120 valence electrons. The van der Waals surface area contributed by atoms with E-state index >= 15 is 0 Å². The van der Waals surface area contributed by atoms with Crippen LogP contribution in [0, 0.1) is 0 Å². The average molecular weight is 302 g/mol. The molecule has 0 aliphatic carbocycles. The summed E-state index contributed by atoms with van der Waals surface area (Å²) in [7, 11) is 0. The maximum atomic E-state index is 11.8. The molecule has 0 radical (unpaired) electrons. The predicted octanol–water partition coefficient (Wildman–Crippen LogP) is 4.38. The van der Waals surface area contributed by atoms with E-state index in [1.807, 2.05) is 0 Å². The number of Topliss-reactive ketones (excluding diaryl/α,β-unsaturated/α-hetero) is 1. The van der Waals surface area contributed by atoms with Crippen molar-refractivity contribution in [2.24, 2.45) is 0 Å². The topological polar surface area (TPSA) is 43.4 Å². The summed E-state index contributed by atoms with van der Waals surface area (Å²) in [5, 5.41) is 0. The minimum Gasteiger partial charge on any atom is -0.462 e. The Morgan fingerprint density at radius 2 is 1.82 bits per heavy atom. The van der Waals surface area contributed by atoms with Gasteiger partial charge in [-0.1, -0.05) is 51.1 Å². The second-order valence-corrected chi connectivity index (χ2v) is 5.86. The molecule has 0 saturated carbocycles. The number of ether oxygens (including phenoxy) is 1. The summed E-state index contributed by atoms with van der Waals surface area (Å²) in [5.41, 5.74) is 2.66. The smallest absolute Gasteiger partial charge is 0.341 e. The number of hydrogen-bond donors (Lipinski definition) is 0. The molecule has 0 aliphatic heterocycles. The molecular formula is C19H26O3. The SMILES string of the molecule is CCOC(=O)C(=CCC(C)c1cccc(C(C)C)c1)C(C)=O. The summed E-state index contributed by atoms with van der Waals surface area (Å²) in [6.45, 7) is 9.83. The summed E-state index contributed by atoms with van der Waals surface area (Å²) in [4.78, 5) is 23.3. The normalized spacial score (nSPS) is 13.1. The van der Waals surface area contributed by atoms with Gasteiger partial charge in [-0.25, -0.2) is 4.79 Å². The number of esters is 1. The van der Waals surface area contributed by atoms with Gasteiger partial charge in [-0.05, 0) is 43.2 Å². The Bertz CT molecular complexity index is 556. The van der Waals surface area contributed by atoms with Gasteiger partial charge in [0.15, 0.2) is 5.78 Å². The molecule has 1 aromatic carbocycles. The molecule has 3 heteroatoms. The minimum absolute atomic E-state index is 0.147. The molecule has 0 fully saturated rings. The maximum Gasteiger partial charge on any atom is 0.341 e. The quantitative estimate of drug-likeness (QED) is 0.325. The highest BCUT2D eigenvalue weighted by atomic mass is 16.5. The van der Waals surface area contributed by atoms with Crippen LogP contribution in [0.15, 0.2) is 35.9 Å². The van der Waals surface area contributed by atoms with Crippen molar-refractivity contribution in [2.45, 2.75) is 52.9 Å². The van der Waals surface area contributed by atoms with E-state index in [9.17, 15) is 9.59 Å². The third-order valence-corrected chi connectivity index (χ3v) is 3.70. The molecule has 0 aliphatic rings. The Hall–Kier alpha value is -1.90. The molecule has 3 nitrogen and oxygen atoms in total. The van der Waals surface area contributed by atoms with Crippen LogP contribution >= 0.6 is 0 Å². The number of benzene rings is 1. The first-order valence-electron chi connectivity index (χ1n) is 7.84. The van der Waals surface area contributed by atoms with Crippen molar-refractivity contribution in [1.82, 2.24) is 0 Å². The lowest BCUT2D eigenvalue weighted by atomic mass is 9.92. The van der Waals surface area contributed by atoms with Crippen molar-refractivity contribution < 1.29 is 14.3 Å². The zero-order valence-electron chi connectivity index (χ0n) is 14.2. The second kappa shape index (κ2) is 8.52. The van der Waals surface area contributed by atoms with Gasteiger partial charge < -0.3 is 4.74 Å². The van der Waals surface area contributed by atoms with Crippen LogP contribution in [0.5, 0.6) is 0 Å². The van der Waals surface area contributed by atoms with Gasteiger partial charge in [0.05, 0.1) is 12.2 Å². The minimum atomic E-state index is -0.530. The van der Waals surface area contributed by atoms with Gasteiger partial charge in [-0.2, -0.15) is 0 Å². The number of carbonyl (C=O) groups is 2. The highest BCUT2D eigenvalue weighted by molar-refractivity contribution is 6.16. The number of rotatable bonds is 7. The van der Waals surface area contributed by atoms with Crippen molar-refractivity contribution in [2.75, 3.05) is 6.61 Å². The molecule has 22 heavy (non-hydrogen) atoms. The fraction of sp³-hybridized carbons (Fsp3) is 0.474. The number of carbonyl (C=O) groups excluding carboxylic acids is 2. The van der Waals surface area contributed by atoms with Crippen LogP contribution in [0.3, 0.4) is 0 Å². The van der Waals surface area contributed by atoms with E-state index in [0.29, 0.717) is 12.3 Å². The first-order valence-corrected chi connectivity index (χ1v) is 7.84. The van der Waals surface area contributed by atoms with Gasteiger partial charge in [0.25, 0.3) is 0 Å². The number of allylic oxidation sites excluding steroid dienone is 1. The molecule has 1 atom stereocenters.